The lowest BCUT2D eigenvalue weighted by Gasteiger charge is -2.16. The van der Waals surface area contributed by atoms with Crippen LogP contribution in [-0.4, -0.2) is 16.8 Å². The number of anilines is 2. The number of carbonyl (C=O) groups is 2. The van der Waals surface area contributed by atoms with Gasteiger partial charge in [0.25, 0.3) is 0 Å². The first-order chi connectivity index (χ1) is 15.1. The predicted molar refractivity (Wildman–Crippen MR) is 130 cm³/mol. The number of thiophene rings is 1. The van der Waals surface area contributed by atoms with E-state index in [-0.39, 0.29) is 11.8 Å². The highest BCUT2D eigenvalue weighted by atomic mass is 32.2. The van der Waals surface area contributed by atoms with E-state index in [1.807, 2.05) is 77.5 Å². The van der Waals surface area contributed by atoms with Gasteiger partial charge >= 0.3 is 0 Å². The molecular weight excluding hydrogens is 446 g/mol. The van der Waals surface area contributed by atoms with Crippen LogP contribution < -0.4 is 10.6 Å². The van der Waals surface area contributed by atoms with Crippen LogP contribution in [0.25, 0.3) is 10.6 Å². The molecule has 0 radical (unpaired) electrons. The van der Waals surface area contributed by atoms with E-state index in [1.165, 1.54) is 30.0 Å². The molecule has 2 heterocycles. The summed E-state index contributed by atoms with van der Waals surface area (Å²) in [7, 11) is 0. The first kappa shape index (κ1) is 21.3. The van der Waals surface area contributed by atoms with Gasteiger partial charge in [0.1, 0.15) is 5.25 Å². The van der Waals surface area contributed by atoms with Crippen molar-refractivity contribution in [3.05, 3.63) is 83.1 Å². The van der Waals surface area contributed by atoms with Gasteiger partial charge in [-0.25, -0.2) is 4.98 Å². The number of benzene rings is 2. The monoisotopic (exact) mass is 465 g/mol. The van der Waals surface area contributed by atoms with E-state index in [0.29, 0.717) is 5.13 Å². The van der Waals surface area contributed by atoms with Crippen molar-refractivity contribution in [2.75, 3.05) is 10.6 Å². The Bertz CT molecular complexity index is 1160. The minimum absolute atomic E-state index is 0.118. The summed E-state index contributed by atoms with van der Waals surface area (Å²) in [6.45, 7) is 1.47. The molecule has 0 aliphatic heterocycles. The number of thiazole rings is 1. The number of nitrogens with zero attached hydrogens (tertiary/aromatic N) is 1. The van der Waals surface area contributed by atoms with Gasteiger partial charge in [-0.15, -0.1) is 34.4 Å². The standard InChI is InChI=1S/C23H19N3O2S3/c1-15(27)24-17-9-11-18(12-10-17)31-21(16-6-3-2-4-7-16)22(28)26-23-25-19(14-30-23)20-8-5-13-29-20/h2-14,21H,1H3,(H,24,27)(H,25,26,28). The molecule has 4 aromatic rings. The van der Waals surface area contributed by atoms with E-state index in [0.717, 1.165) is 26.7 Å². The van der Waals surface area contributed by atoms with Gasteiger partial charge in [0, 0.05) is 22.9 Å². The van der Waals surface area contributed by atoms with Gasteiger partial charge in [-0.1, -0.05) is 36.4 Å². The normalized spacial score (nSPS) is 11.6. The fourth-order valence-corrected chi connectivity index (χ4v) is 5.40. The minimum Gasteiger partial charge on any atom is -0.326 e. The Morgan fingerprint density at radius 2 is 1.71 bits per heavy atom. The smallest absolute Gasteiger partial charge is 0.244 e. The van der Waals surface area contributed by atoms with Crippen LogP contribution in [-0.2, 0) is 9.59 Å². The molecule has 2 amide bonds. The molecule has 8 heteroatoms. The largest absolute Gasteiger partial charge is 0.326 e. The average molecular weight is 466 g/mol. The molecule has 5 nitrogen and oxygen atoms in total. The second-order valence-electron chi connectivity index (χ2n) is 6.62. The van der Waals surface area contributed by atoms with Crippen LogP contribution >= 0.6 is 34.4 Å². The van der Waals surface area contributed by atoms with E-state index in [1.54, 1.807) is 11.3 Å². The van der Waals surface area contributed by atoms with E-state index in [4.69, 9.17) is 0 Å². The van der Waals surface area contributed by atoms with E-state index in [9.17, 15) is 9.59 Å². The van der Waals surface area contributed by atoms with Gasteiger partial charge in [0.15, 0.2) is 5.13 Å². The fraction of sp³-hybridized carbons (Fsp3) is 0.0870. The summed E-state index contributed by atoms with van der Waals surface area (Å²) in [4.78, 5) is 31.0. The van der Waals surface area contributed by atoms with E-state index >= 15 is 0 Å². The van der Waals surface area contributed by atoms with Crippen LogP contribution in [0.5, 0.6) is 0 Å². The summed E-state index contributed by atoms with van der Waals surface area (Å²) in [6.07, 6.45) is 0. The van der Waals surface area contributed by atoms with Gasteiger partial charge in [0.05, 0.1) is 10.6 Å². The van der Waals surface area contributed by atoms with Crippen LogP contribution in [0, 0.1) is 0 Å². The lowest BCUT2D eigenvalue weighted by molar-refractivity contribution is -0.116. The summed E-state index contributed by atoms with van der Waals surface area (Å²) in [5.74, 6) is -0.249. The molecule has 0 bridgehead atoms. The zero-order valence-electron chi connectivity index (χ0n) is 16.6. The third kappa shape index (κ3) is 5.61. The SMILES string of the molecule is CC(=O)Nc1ccc(SC(C(=O)Nc2nc(-c3cccs3)cs2)c2ccccc2)cc1. The van der Waals surface area contributed by atoms with Gasteiger partial charge in [0.2, 0.25) is 11.8 Å². The van der Waals surface area contributed by atoms with Crippen molar-refractivity contribution >= 4 is 57.1 Å². The highest BCUT2D eigenvalue weighted by Gasteiger charge is 2.23. The second-order valence-corrected chi connectivity index (χ2v) is 9.60. The summed E-state index contributed by atoms with van der Waals surface area (Å²) < 4.78 is 0. The number of hydrogen-bond donors (Lipinski definition) is 2. The number of rotatable bonds is 7. The van der Waals surface area contributed by atoms with E-state index < -0.39 is 5.25 Å². The Morgan fingerprint density at radius 1 is 0.935 bits per heavy atom. The lowest BCUT2D eigenvalue weighted by atomic mass is 10.1. The molecule has 1 unspecified atom stereocenters. The Morgan fingerprint density at radius 3 is 2.39 bits per heavy atom. The molecule has 0 aliphatic rings. The highest BCUT2D eigenvalue weighted by Crippen LogP contribution is 2.37. The third-order valence-corrected chi connectivity index (χ3v) is 7.19. The molecule has 2 aromatic carbocycles. The lowest BCUT2D eigenvalue weighted by Crippen LogP contribution is -2.19. The van der Waals surface area contributed by atoms with Gasteiger partial charge < -0.3 is 10.6 Å². The number of hydrogen-bond acceptors (Lipinski definition) is 6. The number of nitrogens with one attached hydrogen (secondary N) is 2. The third-order valence-electron chi connectivity index (χ3n) is 4.28. The molecule has 0 saturated carbocycles. The first-order valence-corrected chi connectivity index (χ1v) is 12.1. The maximum absolute atomic E-state index is 13.2. The Kier molecular flexibility index (Phi) is 6.81. The fourth-order valence-electron chi connectivity index (χ4n) is 2.90. The molecule has 2 aromatic heterocycles. The molecule has 0 aliphatic carbocycles. The second kappa shape index (κ2) is 9.91. The van der Waals surface area contributed by atoms with Gasteiger partial charge in [-0.05, 0) is 41.3 Å². The zero-order valence-corrected chi connectivity index (χ0v) is 19.0. The summed E-state index contributed by atoms with van der Waals surface area (Å²) in [6, 6.07) is 21.1. The summed E-state index contributed by atoms with van der Waals surface area (Å²) in [5, 5.41) is 9.82. The number of amides is 2. The van der Waals surface area contributed by atoms with Crippen molar-refractivity contribution in [2.45, 2.75) is 17.1 Å². The van der Waals surface area contributed by atoms with Crippen LogP contribution in [0.2, 0.25) is 0 Å². The molecule has 4 rings (SSSR count). The zero-order chi connectivity index (χ0) is 21.6. The molecule has 2 N–H and O–H groups in total. The molecule has 0 saturated heterocycles. The number of thioether (sulfide) groups is 1. The topological polar surface area (TPSA) is 71.1 Å². The summed E-state index contributed by atoms with van der Waals surface area (Å²) >= 11 is 4.49. The van der Waals surface area contributed by atoms with E-state index in [2.05, 4.69) is 15.6 Å². The van der Waals surface area contributed by atoms with Crippen molar-refractivity contribution in [3.8, 4) is 10.6 Å². The quantitative estimate of drug-likeness (QED) is 0.314. The van der Waals surface area contributed by atoms with Crippen molar-refractivity contribution in [2.24, 2.45) is 0 Å². The number of carbonyl (C=O) groups excluding carboxylic acids is 2. The van der Waals surface area contributed by atoms with Crippen molar-refractivity contribution in [3.63, 3.8) is 0 Å². The Hall–Kier alpha value is -2.94. The van der Waals surface area contributed by atoms with Crippen molar-refractivity contribution in [1.29, 1.82) is 0 Å². The molecule has 0 fully saturated rings. The maximum atomic E-state index is 13.2. The highest BCUT2D eigenvalue weighted by molar-refractivity contribution is 8.00. The molecule has 1 atom stereocenters. The van der Waals surface area contributed by atoms with Crippen molar-refractivity contribution < 1.29 is 9.59 Å². The van der Waals surface area contributed by atoms with Crippen LogP contribution in [0.3, 0.4) is 0 Å². The van der Waals surface area contributed by atoms with Crippen LogP contribution in [0.15, 0.2) is 82.4 Å². The Balaban J connectivity index is 1.52. The van der Waals surface area contributed by atoms with Crippen LogP contribution in [0.4, 0.5) is 10.8 Å². The maximum Gasteiger partial charge on any atom is 0.244 e. The molecule has 156 valence electrons. The van der Waals surface area contributed by atoms with Crippen molar-refractivity contribution in [1.82, 2.24) is 4.98 Å². The molecule has 0 spiro atoms. The first-order valence-electron chi connectivity index (χ1n) is 9.48. The summed E-state index contributed by atoms with van der Waals surface area (Å²) in [5.41, 5.74) is 2.50. The van der Waals surface area contributed by atoms with Gasteiger partial charge in [-0.3, -0.25) is 9.59 Å². The molecule has 31 heavy (non-hydrogen) atoms. The average Bonchev–Trinajstić information content (AvgIpc) is 3.45. The van der Waals surface area contributed by atoms with Gasteiger partial charge in [-0.2, -0.15) is 0 Å². The van der Waals surface area contributed by atoms with Crippen LogP contribution in [0.1, 0.15) is 17.7 Å². The predicted octanol–water partition coefficient (Wildman–Crippen LogP) is 6.30. The molecular formula is C23H19N3O2S3. The minimum atomic E-state index is -0.443. The Labute approximate surface area is 192 Å². The number of aromatic nitrogens is 1.